The SMILES string of the molecule is O=C1C[C@H]2C[C@@H](CCI)C[C@@H]12. The summed E-state index contributed by atoms with van der Waals surface area (Å²) in [6.45, 7) is 0. The molecular weight excluding hydrogens is 251 g/mol. The Morgan fingerprint density at radius 2 is 2.27 bits per heavy atom. The van der Waals surface area contributed by atoms with Gasteiger partial charge in [-0.1, -0.05) is 22.6 Å². The van der Waals surface area contributed by atoms with E-state index in [1.54, 1.807) is 0 Å². The van der Waals surface area contributed by atoms with Gasteiger partial charge >= 0.3 is 0 Å². The fourth-order valence-corrected chi connectivity index (χ4v) is 3.38. The van der Waals surface area contributed by atoms with Crippen molar-refractivity contribution in [3.63, 3.8) is 0 Å². The molecule has 2 heteroatoms. The van der Waals surface area contributed by atoms with Crippen molar-refractivity contribution >= 4 is 28.4 Å². The number of halogens is 1. The van der Waals surface area contributed by atoms with Crippen LogP contribution in [0.4, 0.5) is 0 Å². The van der Waals surface area contributed by atoms with Gasteiger partial charge in [0.25, 0.3) is 0 Å². The fourth-order valence-electron chi connectivity index (χ4n) is 2.50. The molecule has 11 heavy (non-hydrogen) atoms. The molecule has 3 atom stereocenters. The molecule has 0 radical (unpaired) electrons. The van der Waals surface area contributed by atoms with Crippen LogP contribution in [0.1, 0.15) is 25.7 Å². The Hall–Kier alpha value is 0.400. The van der Waals surface area contributed by atoms with E-state index in [1.807, 2.05) is 0 Å². The molecule has 0 aromatic carbocycles. The lowest BCUT2D eigenvalue weighted by Crippen LogP contribution is -2.32. The number of ketones is 1. The molecule has 0 aliphatic heterocycles. The van der Waals surface area contributed by atoms with E-state index in [2.05, 4.69) is 22.6 Å². The Balaban J connectivity index is 1.88. The van der Waals surface area contributed by atoms with Crippen LogP contribution in [-0.4, -0.2) is 10.2 Å². The van der Waals surface area contributed by atoms with Gasteiger partial charge in [-0.05, 0) is 35.5 Å². The second-order valence-corrected chi connectivity index (χ2v) is 4.93. The lowest BCUT2D eigenvalue weighted by molar-refractivity contribution is -0.132. The van der Waals surface area contributed by atoms with Crippen molar-refractivity contribution in [1.29, 1.82) is 0 Å². The Labute approximate surface area is 81.1 Å². The number of Topliss-reactive ketones (excluding diaryl/α,β-unsaturated/α-hetero) is 1. The number of hydrogen-bond acceptors (Lipinski definition) is 1. The number of fused-ring (bicyclic) bond motifs is 1. The van der Waals surface area contributed by atoms with Gasteiger partial charge in [-0.25, -0.2) is 0 Å². The molecule has 2 fully saturated rings. The molecule has 0 aromatic rings. The van der Waals surface area contributed by atoms with Gasteiger partial charge in [0.05, 0.1) is 0 Å². The first-order valence-corrected chi connectivity index (χ1v) is 5.92. The number of alkyl halides is 1. The molecular formula is C9H13IO. The lowest BCUT2D eigenvalue weighted by Gasteiger charge is -2.27. The van der Waals surface area contributed by atoms with E-state index in [0.717, 1.165) is 18.3 Å². The Morgan fingerprint density at radius 1 is 1.45 bits per heavy atom. The molecule has 0 unspecified atom stereocenters. The smallest absolute Gasteiger partial charge is 0.136 e. The minimum atomic E-state index is 0.503. The van der Waals surface area contributed by atoms with Crippen LogP contribution in [0.2, 0.25) is 0 Å². The van der Waals surface area contributed by atoms with Crippen molar-refractivity contribution in [3.8, 4) is 0 Å². The van der Waals surface area contributed by atoms with Crippen LogP contribution >= 0.6 is 22.6 Å². The minimum Gasteiger partial charge on any atom is -0.299 e. The summed E-state index contributed by atoms with van der Waals surface area (Å²) in [6.07, 6.45) is 4.80. The van der Waals surface area contributed by atoms with Gasteiger partial charge < -0.3 is 0 Å². The van der Waals surface area contributed by atoms with E-state index in [4.69, 9.17) is 0 Å². The zero-order valence-electron chi connectivity index (χ0n) is 6.55. The second kappa shape index (κ2) is 3.04. The molecule has 2 aliphatic carbocycles. The predicted molar refractivity (Wildman–Crippen MR) is 52.8 cm³/mol. The highest BCUT2D eigenvalue weighted by Gasteiger charge is 2.46. The van der Waals surface area contributed by atoms with Crippen molar-refractivity contribution in [3.05, 3.63) is 0 Å². The Morgan fingerprint density at radius 3 is 2.82 bits per heavy atom. The average molecular weight is 264 g/mol. The normalized spacial score (nSPS) is 41.9. The highest BCUT2D eigenvalue weighted by molar-refractivity contribution is 14.1. The van der Waals surface area contributed by atoms with Gasteiger partial charge in [-0.2, -0.15) is 0 Å². The zero-order chi connectivity index (χ0) is 7.84. The third-order valence-electron chi connectivity index (χ3n) is 3.19. The van der Waals surface area contributed by atoms with Gasteiger partial charge in [-0.15, -0.1) is 0 Å². The third-order valence-corrected chi connectivity index (χ3v) is 3.81. The lowest BCUT2D eigenvalue weighted by atomic mass is 9.75. The summed E-state index contributed by atoms with van der Waals surface area (Å²) in [5.74, 6) is 2.73. The number of carbonyl (C=O) groups excluding carboxylic acids is 1. The van der Waals surface area contributed by atoms with Crippen LogP contribution in [0.5, 0.6) is 0 Å². The van der Waals surface area contributed by atoms with Crippen LogP contribution < -0.4 is 0 Å². The molecule has 2 aliphatic rings. The molecule has 0 aromatic heterocycles. The van der Waals surface area contributed by atoms with E-state index >= 15 is 0 Å². The first kappa shape index (κ1) is 8.02. The first-order valence-electron chi connectivity index (χ1n) is 4.40. The van der Waals surface area contributed by atoms with Crippen molar-refractivity contribution in [1.82, 2.24) is 0 Å². The van der Waals surface area contributed by atoms with Crippen LogP contribution in [0.3, 0.4) is 0 Å². The molecule has 0 N–H and O–H groups in total. The molecule has 1 nitrogen and oxygen atoms in total. The standard InChI is InChI=1S/C9H13IO/c10-2-1-6-3-7-5-9(11)8(7)4-6/h6-8H,1-5H2/t6-,7-,8-/m1/s1. The van der Waals surface area contributed by atoms with Crippen LogP contribution in [0.15, 0.2) is 0 Å². The maximum Gasteiger partial charge on any atom is 0.136 e. The monoisotopic (exact) mass is 264 g/mol. The first-order chi connectivity index (χ1) is 5.31. The molecule has 0 saturated heterocycles. The molecule has 0 spiro atoms. The predicted octanol–water partition coefficient (Wildman–Crippen LogP) is 2.43. The second-order valence-electron chi connectivity index (χ2n) is 3.85. The van der Waals surface area contributed by atoms with Gasteiger partial charge in [-0.3, -0.25) is 4.79 Å². The molecule has 2 rings (SSSR count). The van der Waals surface area contributed by atoms with E-state index in [1.165, 1.54) is 23.7 Å². The van der Waals surface area contributed by atoms with E-state index in [9.17, 15) is 4.79 Å². The summed E-state index contributed by atoms with van der Waals surface area (Å²) < 4.78 is 1.26. The molecule has 0 amide bonds. The maximum atomic E-state index is 11.1. The molecule has 62 valence electrons. The number of carbonyl (C=O) groups is 1. The van der Waals surface area contributed by atoms with Crippen LogP contribution in [0.25, 0.3) is 0 Å². The Kier molecular flexibility index (Phi) is 2.21. The Bertz CT molecular complexity index is 178. The van der Waals surface area contributed by atoms with Crippen LogP contribution in [-0.2, 0) is 4.79 Å². The summed E-state index contributed by atoms with van der Waals surface area (Å²) >= 11 is 2.43. The van der Waals surface area contributed by atoms with E-state index < -0.39 is 0 Å². The van der Waals surface area contributed by atoms with E-state index in [0.29, 0.717) is 11.7 Å². The van der Waals surface area contributed by atoms with Gasteiger partial charge in [0.15, 0.2) is 0 Å². The molecule has 0 heterocycles. The number of rotatable bonds is 2. The highest BCUT2D eigenvalue weighted by atomic mass is 127. The summed E-state index contributed by atoms with van der Waals surface area (Å²) in [4.78, 5) is 11.1. The zero-order valence-corrected chi connectivity index (χ0v) is 8.71. The minimum absolute atomic E-state index is 0.503. The summed E-state index contributed by atoms with van der Waals surface area (Å²) in [6, 6.07) is 0. The van der Waals surface area contributed by atoms with E-state index in [-0.39, 0.29) is 0 Å². The topological polar surface area (TPSA) is 17.1 Å². The maximum absolute atomic E-state index is 11.1. The summed E-state index contributed by atoms with van der Waals surface area (Å²) in [5.41, 5.74) is 0. The quantitative estimate of drug-likeness (QED) is 0.553. The number of hydrogen-bond donors (Lipinski definition) is 0. The van der Waals surface area contributed by atoms with Crippen molar-refractivity contribution in [2.24, 2.45) is 17.8 Å². The average Bonchev–Trinajstić information content (AvgIpc) is 2.29. The largest absolute Gasteiger partial charge is 0.299 e. The van der Waals surface area contributed by atoms with Crippen molar-refractivity contribution < 1.29 is 4.79 Å². The van der Waals surface area contributed by atoms with Crippen molar-refractivity contribution in [2.45, 2.75) is 25.7 Å². The third kappa shape index (κ3) is 1.34. The van der Waals surface area contributed by atoms with Gasteiger partial charge in [0.1, 0.15) is 5.78 Å². The molecule has 0 bridgehead atoms. The van der Waals surface area contributed by atoms with Gasteiger partial charge in [0, 0.05) is 12.3 Å². The molecule has 2 saturated carbocycles. The summed E-state index contributed by atoms with van der Waals surface area (Å²) in [5, 5.41) is 0. The van der Waals surface area contributed by atoms with Crippen LogP contribution in [0, 0.1) is 17.8 Å². The van der Waals surface area contributed by atoms with Gasteiger partial charge in [0.2, 0.25) is 0 Å². The highest BCUT2D eigenvalue weighted by Crippen LogP contribution is 2.48. The van der Waals surface area contributed by atoms with Crippen molar-refractivity contribution in [2.75, 3.05) is 4.43 Å². The summed E-state index contributed by atoms with van der Waals surface area (Å²) in [7, 11) is 0. The fraction of sp³-hybridized carbons (Fsp3) is 0.889.